The average Bonchev–Trinajstić information content (AvgIpc) is 2.54. The number of carbonyl (C=O) groups excluding carboxylic acids is 1. The Hall–Kier alpha value is -1.32. The third-order valence-electron chi connectivity index (χ3n) is 3.74. The van der Waals surface area contributed by atoms with E-state index in [2.05, 4.69) is 15.9 Å². The smallest absolute Gasteiger partial charge is 0.244 e. The molecular weight excluding hydrogens is 388 g/mol. The number of piperazine rings is 1. The van der Waals surface area contributed by atoms with Crippen molar-refractivity contribution in [2.24, 2.45) is 0 Å². The van der Waals surface area contributed by atoms with Crippen molar-refractivity contribution in [3.8, 4) is 11.5 Å². The normalized spacial score (nSPS) is 16.3. The number of sulfonamides is 1. The summed E-state index contributed by atoms with van der Waals surface area (Å²) in [6, 6.07) is 3.01. The van der Waals surface area contributed by atoms with Crippen LogP contribution in [0.3, 0.4) is 0 Å². The minimum absolute atomic E-state index is 0.0469. The zero-order valence-electron chi connectivity index (χ0n) is 13.2. The Morgan fingerprint density at radius 2 is 1.61 bits per heavy atom. The summed E-state index contributed by atoms with van der Waals surface area (Å²) in [6.45, 7) is 2.79. The monoisotopic (exact) mass is 406 g/mol. The lowest BCUT2D eigenvalue weighted by Gasteiger charge is -2.33. The molecule has 0 spiro atoms. The summed E-state index contributed by atoms with van der Waals surface area (Å²) < 4.78 is 37.8. The van der Waals surface area contributed by atoms with Gasteiger partial charge in [0.1, 0.15) is 4.90 Å². The first-order valence-electron chi connectivity index (χ1n) is 6.98. The number of hydrogen-bond acceptors (Lipinski definition) is 5. The fourth-order valence-electron chi connectivity index (χ4n) is 2.42. The van der Waals surface area contributed by atoms with Crippen molar-refractivity contribution in [1.82, 2.24) is 9.21 Å². The number of halogens is 1. The van der Waals surface area contributed by atoms with Crippen LogP contribution in [0, 0.1) is 0 Å². The van der Waals surface area contributed by atoms with Crippen LogP contribution >= 0.6 is 15.9 Å². The molecule has 1 fully saturated rings. The number of nitrogens with zero attached hydrogens (tertiary/aromatic N) is 2. The van der Waals surface area contributed by atoms with Crippen LogP contribution in [-0.4, -0.2) is 63.9 Å². The van der Waals surface area contributed by atoms with Gasteiger partial charge in [0.15, 0.2) is 11.5 Å². The molecule has 1 aliphatic rings. The number of methoxy groups -OCH3 is 2. The molecule has 7 nitrogen and oxygen atoms in total. The van der Waals surface area contributed by atoms with Crippen molar-refractivity contribution in [3.63, 3.8) is 0 Å². The predicted octanol–water partition coefficient (Wildman–Crippen LogP) is 1.32. The van der Waals surface area contributed by atoms with Crippen LogP contribution in [0.15, 0.2) is 21.5 Å². The van der Waals surface area contributed by atoms with Crippen molar-refractivity contribution in [3.05, 3.63) is 16.6 Å². The molecule has 2 rings (SSSR count). The van der Waals surface area contributed by atoms with E-state index in [1.807, 2.05) is 0 Å². The van der Waals surface area contributed by atoms with E-state index in [-0.39, 0.29) is 23.9 Å². The highest BCUT2D eigenvalue weighted by Gasteiger charge is 2.31. The zero-order chi connectivity index (χ0) is 17.2. The third kappa shape index (κ3) is 3.61. The van der Waals surface area contributed by atoms with E-state index in [4.69, 9.17) is 9.47 Å². The van der Waals surface area contributed by atoms with Gasteiger partial charge >= 0.3 is 0 Å². The largest absolute Gasteiger partial charge is 0.493 e. The average molecular weight is 407 g/mol. The third-order valence-corrected chi connectivity index (χ3v) is 6.60. The van der Waals surface area contributed by atoms with Crippen molar-refractivity contribution < 1.29 is 22.7 Å². The highest BCUT2D eigenvalue weighted by Crippen LogP contribution is 2.36. The summed E-state index contributed by atoms with van der Waals surface area (Å²) in [5.74, 6) is 0.741. The summed E-state index contributed by atoms with van der Waals surface area (Å²) in [5.41, 5.74) is 0. The molecule has 128 valence electrons. The lowest BCUT2D eigenvalue weighted by Crippen LogP contribution is -2.49. The van der Waals surface area contributed by atoms with Crippen LogP contribution in [0.2, 0.25) is 0 Å². The molecule has 9 heteroatoms. The van der Waals surface area contributed by atoms with Gasteiger partial charge in [0.05, 0.1) is 14.2 Å². The fourth-order valence-corrected chi connectivity index (χ4v) is 4.84. The molecule has 0 atom stereocenters. The van der Waals surface area contributed by atoms with Gasteiger partial charge in [-0.2, -0.15) is 4.31 Å². The molecule has 0 aromatic heterocycles. The molecule has 1 saturated heterocycles. The quantitative estimate of drug-likeness (QED) is 0.753. The van der Waals surface area contributed by atoms with E-state index in [1.54, 1.807) is 11.0 Å². The Morgan fingerprint density at radius 3 is 2.09 bits per heavy atom. The van der Waals surface area contributed by atoms with Gasteiger partial charge < -0.3 is 14.4 Å². The van der Waals surface area contributed by atoms with Crippen LogP contribution in [0.5, 0.6) is 11.5 Å². The van der Waals surface area contributed by atoms with Crippen molar-refractivity contribution in [2.45, 2.75) is 11.8 Å². The molecule has 1 aromatic carbocycles. The van der Waals surface area contributed by atoms with E-state index in [9.17, 15) is 13.2 Å². The molecule has 1 heterocycles. The maximum Gasteiger partial charge on any atom is 0.244 e. The molecule has 0 saturated carbocycles. The number of hydrogen-bond donors (Lipinski definition) is 0. The van der Waals surface area contributed by atoms with E-state index >= 15 is 0 Å². The minimum atomic E-state index is -3.69. The van der Waals surface area contributed by atoms with Crippen LogP contribution in [0.4, 0.5) is 0 Å². The highest BCUT2D eigenvalue weighted by molar-refractivity contribution is 9.10. The Kier molecular flexibility index (Phi) is 5.53. The van der Waals surface area contributed by atoms with E-state index < -0.39 is 10.0 Å². The molecule has 0 N–H and O–H groups in total. The second-order valence-corrected chi connectivity index (χ2v) is 7.81. The number of amides is 1. The van der Waals surface area contributed by atoms with Crippen LogP contribution in [-0.2, 0) is 14.8 Å². The summed E-state index contributed by atoms with van der Waals surface area (Å²) in [6.07, 6.45) is 0. The first-order chi connectivity index (χ1) is 10.8. The molecule has 1 aromatic rings. The predicted molar refractivity (Wildman–Crippen MR) is 88.3 cm³/mol. The molecule has 1 aliphatic heterocycles. The van der Waals surface area contributed by atoms with Gasteiger partial charge in [0, 0.05) is 43.6 Å². The summed E-state index contributed by atoms with van der Waals surface area (Å²) in [7, 11) is -0.749. The maximum absolute atomic E-state index is 12.8. The second-order valence-electron chi connectivity index (χ2n) is 5.05. The first-order valence-corrected chi connectivity index (χ1v) is 9.21. The van der Waals surface area contributed by atoms with E-state index in [1.165, 1.54) is 31.5 Å². The number of carbonyl (C=O) groups is 1. The molecule has 0 radical (unpaired) electrons. The lowest BCUT2D eigenvalue weighted by atomic mass is 10.3. The minimum Gasteiger partial charge on any atom is -0.493 e. The number of benzene rings is 1. The second kappa shape index (κ2) is 7.06. The zero-order valence-corrected chi connectivity index (χ0v) is 15.6. The standard InChI is InChI=1S/C14H19BrN2O5S/c1-10(18)16-4-6-17(7-5-16)23(19,20)14-9-13(22-3)12(21-2)8-11(14)15/h8-9H,4-7H2,1-3H3. The van der Waals surface area contributed by atoms with Crippen LogP contribution in [0.25, 0.3) is 0 Å². The molecule has 0 bridgehead atoms. The lowest BCUT2D eigenvalue weighted by molar-refractivity contribution is -0.129. The number of ether oxygens (including phenoxy) is 2. The van der Waals surface area contributed by atoms with Gasteiger partial charge in [0.2, 0.25) is 15.9 Å². The van der Waals surface area contributed by atoms with Gasteiger partial charge in [-0.05, 0) is 22.0 Å². The number of rotatable bonds is 4. The first kappa shape index (κ1) is 18.0. The fraction of sp³-hybridized carbons (Fsp3) is 0.500. The molecule has 0 aliphatic carbocycles. The van der Waals surface area contributed by atoms with Crippen molar-refractivity contribution >= 4 is 31.9 Å². The SMILES string of the molecule is COc1cc(Br)c(S(=O)(=O)N2CCN(C(C)=O)CC2)cc1OC. The van der Waals surface area contributed by atoms with E-state index in [0.717, 1.165) is 0 Å². The van der Waals surface area contributed by atoms with Gasteiger partial charge in [-0.25, -0.2) is 8.42 Å². The maximum atomic E-state index is 12.8. The molecular formula is C14H19BrN2O5S. The van der Waals surface area contributed by atoms with Gasteiger partial charge in [-0.15, -0.1) is 0 Å². The molecule has 23 heavy (non-hydrogen) atoms. The Morgan fingerprint density at radius 1 is 1.09 bits per heavy atom. The Bertz CT molecular complexity index is 699. The molecule has 1 amide bonds. The van der Waals surface area contributed by atoms with E-state index in [0.29, 0.717) is 29.1 Å². The Labute approximate surface area is 144 Å². The van der Waals surface area contributed by atoms with Crippen molar-refractivity contribution in [1.29, 1.82) is 0 Å². The van der Waals surface area contributed by atoms with Gasteiger partial charge in [-0.3, -0.25) is 4.79 Å². The highest BCUT2D eigenvalue weighted by atomic mass is 79.9. The summed E-state index contributed by atoms with van der Waals surface area (Å²) in [4.78, 5) is 13.1. The summed E-state index contributed by atoms with van der Waals surface area (Å²) >= 11 is 3.28. The van der Waals surface area contributed by atoms with Gasteiger partial charge in [0.25, 0.3) is 0 Å². The molecule has 0 unspecified atom stereocenters. The van der Waals surface area contributed by atoms with Gasteiger partial charge in [-0.1, -0.05) is 0 Å². The summed E-state index contributed by atoms with van der Waals surface area (Å²) in [5, 5.41) is 0. The van der Waals surface area contributed by atoms with Crippen LogP contribution in [0.1, 0.15) is 6.92 Å². The van der Waals surface area contributed by atoms with Crippen LogP contribution < -0.4 is 9.47 Å². The van der Waals surface area contributed by atoms with Crippen molar-refractivity contribution in [2.75, 3.05) is 40.4 Å². The topological polar surface area (TPSA) is 76.2 Å². The Balaban J connectivity index is 2.32.